The number of alkyl halides is 6. The first-order chi connectivity index (χ1) is 11.7. The van der Waals surface area contributed by atoms with Gasteiger partial charge in [-0.05, 0) is 0 Å². The minimum Gasteiger partial charge on any atom is -0.366 e. The summed E-state index contributed by atoms with van der Waals surface area (Å²) in [6, 6.07) is 0. The summed E-state index contributed by atoms with van der Waals surface area (Å²) in [7, 11) is -6.99. The summed E-state index contributed by atoms with van der Waals surface area (Å²) in [5.41, 5.74) is 6.65. The van der Waals surface area contributed by atoms with Crippen molar-refractivity contribution in [3.63, 3.8) is 0 Å². The lowest BCUT2D eigenvalue weighted by Gasteiger charge is -2.34. The number of amides is 4. The summed E-state index contributed by atoms with van der Waals surface area (Å²) in [6.45, 7) is 0. The van der Waals surface area contributed by atoms with E-state index in [0.29, 0.717) is 0 Å². The first-order valence-corrected chi connectivity index (χ1v) is 7.26. The number of primary amides is 4. The van der Waals surface area contributed by atoms with Crippen molar-refractivity contribution in [3.8, 4) is 0 Å². The lowest BCUT2D eigenvalue weighted by atomic mass is 10.0. The van der Waals surface area contributed by atoms with Gasteiger partial charge in [-0.1, -0.05) is 0 Å². The van der Waals surface area contributed by atoms with Crippen LogP contribution in [-0.4, -0.2) is 52.1 Å². The molecule has 0 aliphatic carbocycles. The number of carbonyl (C=O) groups excluding carboxylic acids is 4. The fraction of sp³-hybridized carbons (Fsp3) is 0.500. The van der Waals surface area contributed by atoms with E-state index in [0.717, 1.165) is 0 Å². The molecule has 4 amide bonds. The fourth-order valence-electron chi connectivity index (χ4n) is 1.45. The van der Waals surface area contributed by atoms with Gasteiger partial charge in [-0.15, -0.1) is 0 Å². The molecule has 0 aromatic carbocycles. The van der Waals surface area contributed by atoms with E-state index in [-0.39, 0.29) is 0 Å². The predicted molar refractivity (Wildman–Crippen MR) is 66.3 cm³/mol. The molecule has 0 aliphatic rings. The van der Waals surface area contributed by atoms with E-state index < -0.39 is 55.0 Å². The third-order valence-electron chi connectivity index (χ3n) is 2.69. The van der Waals surface area contributed by atoms with Gasteiger partial charge in [0.25, 0.3) is 23.6 Å². The molecule has 0 aromatic heterocycles. The van der Waals surface area contributed by atoms with Gasteiger partial charge >= 0.3 is 31.4 Å². The molecule has 12 nitrogen and oxygen atoms in total. The standard InChI is InChI=1S/C8H9F6N4O8P/c9-7(10,11)5(1(15)19,2(16)20)25-27(23,24)26-6(3(17)21,4(18)22)8(12,13)14/h(H2,15,19)(H2,16,20)(H2,17,21)(H2,18,22)(H,23,24). The van der Waals surface area contributed by atoms with Gasteiger partial charge in [0.05, 0.1) is 0 Å². The number of nitrogens with two attached hydrogens (primary N) is 4. The van der Waals surface area contributed by atoms with Crippen LogP contribution in [0.25, 0.3) is 0 Å². The SMILES string of the molecule is NC(=O)C(OP(=O)(O)OC(C(N)=O)(C(N)=O)C(F)(F)F)(C(N)=O)C(F)(F)F. The molecule has 19 heteroatoms. The molecule has 156 valence electrons. The second-order valence-corrected chi connectivity index (χ2v) is 5.77. The first-order valence-electron chi connectivity index (χ1n) is 5.76. The molecule has 0 spiro atoms. The number of phosphoric ester groups is 1. The molecule has 0 aromatic rings. The van der Waals surface area contributed by atoms with Gasteiger partial charge in [0.15, 0.2) is 0 Å². The summed E-state index contributed by atoms with van der Waals surface area (Å²) >= 11 is 0. The Hall–Kier alpha value is -2.43. The Kier molecular flexibility index (Phi) is 6.32. The Morgan fingerprint density at radius 2 is 0.852 bits per heavy atom. The molecule has 0 saturated heterocycles. The summed E-state index contributed by atoms with van der Waals surface area (Å²) < 4.78 is 95.8. The molecule has 0 atom stereocenters. The maximum absolute atomic E-state index is 13.0. The molecule has 0 fully saturated rings. The highest BCUT2D eigenvalue weighted by molar-refractivity contribution is 7.47. The number of carbonyl (C=O) groups is 4. The van der Waals surface area contributed by atoms with Crippen LogP contribution in [0.4, 0.5) is 26.3 Å². The largest absolute Gasteiger partial charge is 0.475 e. The van der Waals surface area contributed by atoms with Crippen molar-refractivity contribution >= 4 is 31.5 Å². The van der Waals surface area contributed by atoms with Crippen molar-refractivity contribution < 1.29 is 64.0 Å². The summed E-state index contributed by atoms with van der Waals surface area (Å²) in [5, 5.41) is 0. The van der Waals surface area contributed by atoms with Gasteiger partial charge in [-0.2, -0.15) is 26.3 Å². The quantitative estimate of drug-likeness (QED) is 0.158. The Morgan fingerprint density at radius 3 is 0.963 bits per heavy atom. The number of phosphoric acid groups is 1. The molecular weight excluding hydrogens is 425 g/mol. The Balaban J connectivity index is 6.54. The van der Waals surface area contributed by atoms with Crippen LogP contribution >= 0.6 is 7.82 Å². The van der Waals surface area contributed by atoms with Crippen molar-refractivity contribution in [2.75, 3.05) is 0 Å². The van der Waals surface area contributed by atoms with Crippen molar-refractivity contribution in [3.05, 3.63) is 0 Å². The second-order valence-electron chi connectivity index (χ2n) is 4.47. The number of hydrogen-bond donors (Lipinski definition) is 5. The van der Waals surface area contributed by atoms with Crippen molar-refractivity contribution in [1.82, 2.24) is 0 Å². The lowest BCUT2D eigenvalue weighted by molar-refractivity contribution is -0.251. The van der Waals surface area contributed by atoms with Crippen molar-refractivity contribution in [2.45, 2.75) is 23.6 Å². The smallest absolute Gasteiger partial charge is 0.366 e. The lowest BCUT2D eigenvalue weighted by Crippen LogP contribution is -2.66. The highest BCUT2D eigenvalue weighted by Gasteiger charge is 2.73. The van der Waals surface area contributed by atoms with Crippen LogP contribution in [0.3, 0.4) is 0 Å². The zero-order valence-corrected chi connectivity index (χ0v) is 13.2. The molecule has 0 unspecified atom stereocenters. The molecule has 0 aliphatic heterocycles. The van der Waals surface area contributed by atoms with Crippen LogP contribution in [0.5, 0.6) is 0 Å². The van der Waals surface area contributed by atoms with Gasteiger partial charge in [-0.25, -0.2) is 4.57 Å². The number of hydrogen-bond acceptors (Lipinski definition) is 7. The first kappa shape index (κ1) is 24.6. The van der Waals surface area contributed by atoms with Crippen LogP contribution in [-0.2, 0) is 32.8 Å². The van der Waals surface area contributed by atoms with E-state index in [1.807, 2.05) is 0 Å². The zero-order chi connectivity index (χ0) is 22.2. The van der Waals surface area contributed by atoms with Gasteiger partial charge in [0.2, 0.25) is 0 Å². The predicted octanol–water partition coefficient (Wildman–Crippen LogP) is -2.34. The summed E-state index contributed by atoms with van der Waals surface area (Å²) in [4.78, 5) is 53.2. The monoisotopic (exact) mass is 434 g/mol. The van der Waals surface area contributed by atoms with E-state index in [2.05, 4.69) is 32.0 Å². The number of rotatable bonds is 8. The maximum Gasteiger partial charge on any atom is 0.475 e. The average Bonchev–Trinajstić information content (AvgIpc) is 2.37. The zero-order valence-electron chi connectivity index (χ0n) is 12.3. The minimum absolute atomic E-state index is 2.89. The van der Waals surface area contributed by atoms with Crippen molar-refractivity contribution in [2.24, 2.45) is 22.9 Å². The van der Waals surface area contributed by atoms with Gasteiger partial charge in [0, 0.05) is 0 Å². The molecule has 0 heterocycles. The molecule has 0 bridgehead atoms. The highest BCUT2D eigenvalue weighted by atomic mass is 31.2. The van der Waals surface area contributed by atoms with E-state index in [9.17, 15) is 55.0 Å². The molecule has 27 heavy (non-hydrogen) atoms. The van der Waals surface area contributed by atoms with E-state index in [1.165, 1.54) is 0 Å². The molecule has 0 radical (unpaired) electrons. The van der Waals surface area contributed by atoms with Crippen LogP contribution in [0.15, 0.2) is 0 Å². The van der Waals surface area contributed by atoms with Gasteiger partial charge < -0.3 is 27.8 Å². The van der Waals surface area contributed by atoms with E-state index >= 15 is 0 Å². The van der Waals surface area contributed by atoms with Gasteiger partial charge in [-0.3, -0.25) is 28.2 Å². The number of halogens is 6. The van der Waals surface area contributed by atoms with Crippen LogP contribution in [0.1, 0.15) is 0 Å². The third kappa shape index (κ3) is 4.12. The van der Waals surface area contributed by atoms with Gasteiger partial charge in [0.1, 0.15) is 0 Å². The molecular formula is C8H9F6N4O8P. The highest BCUT2D eigenvalue weighted by Crippen LogP contribution is 2.56. The van der Waals surface area contributed by atoms with Crippen molar-refractivity contribution in [1.29, 1.82) is 0 Å². The topological polar surface area (TPSA) is 228 Å². The Bertz CT molecular complexity index is 637. The Morgan fingerprint density at radius 1 is 0.667 bits per heavy atom. The minimum atomic E-state index is -6.99. The molecule has 9 N–H and O–H groups in total. The maximum atomic E-state index is 13.0. The fourth-order valence-corrected chi connectivity index (χ4v) is 2.75. The molecule has 0 saturated carbocycles. The van der Waals surface area contributed by atoms with E-state index in [4.69, 9.17) is 0 Å². The Labute approximate surface area is 143 Å². The average molecular weight is 434 g/mol. The third-order valence-corrected chi connectivity index (χ3v) is 3.70. The van der Waals surface area contributed by atoms with Crippen LogP contribution < -0.4 is 22.9 Å². The summed E-state index contributed by atoms with van der Waals surface area (Å²) in [5.74, 6) is -11.6. The second kappa shape index (κ2) is 6.95. The molecule has 0 rings (SSSR count). The summed E-state index contributed by atoms with van der Waals surface area (Å²) in [6.07, 6.45) is -12.6. The van der Waals surface area contributed by atoms with E-state index in [1.54, 1.807) is 0 Å². The normalized spacial score (nSPS) is 13.9. The van der Waals surface area contributed by atoms with Crippen LogP contribution in [0, 0.1) is 0 Å². The van der Waals surface area contributed by atoms with Crippen LogP contribution in [0.2, 0.25) is 0 Å².